The zero-order valence-electron chi connectivity index (χ0n) is 21.4. The summed E-state index contributed by atoms with van der Waals surface area (Å²) in [6.07, 6.45) is 4.51. The van der Waals surface area contributed by atoms with Gasteiger partial charge in [-0.2, -0.15) is 28.5 Å². The summed E-state index contributed by atoms with van der Waals surface area (Å²) < 4.78 is 50.8. The van der Waals surface area contributed by atoms with Gasteiger partial charge in [-0.05, 0) is 37.8 Å². The van der Waals surface area contributed by atoms with Crippen LogP contribution in [0.5, 0.6) is 5.75 Å². The average molecular weight is 537 g/mol. The molecule has 0 atom stereocenters. The quantitative estimate of drug-likeness (QED) is 0.291. The van der Waals surface area contributed by atoms with E-state index in [2.05, 4.69) is 20.5 Å². The van der Waals surface area contributed by atoms with Gasteiger partial charge in [0.2, 0.25) is 5.69 Å². The molecule has 9 nitrogen and oxygen atoms in total. The molecule has 0 amide bonds. The molecule has 0 saturated heterocycles. The van der Waals surface area contributed by atoms with Crippen molar-refractivity contribution in [1.29, 1.82) is 0 Å². The minimum Gasteiger partial charge on any atom is -0.486 e. The van der Waals surface area contributed by atoms with Gasteiger partial charge >= 0.3 is 6.18 Å². The number of aromatic nitrogens is 7. The number of aryl methyl sites for hydroxylation is 2. The third-order valence-electron chi connectivity index (χ3n) is 6.96. The lowest BCUT2D eigenvalue weighted by molar-refractivity contribution is -0.143. The van der Waals surface area contributed by atoms with Gasteiger partial charge in [-0.25, -0.2) is 4.98 Å². The number of alkyl halides is 3. The molecular formula is C27H27F3N8O. The first kappa shape index (κ1) is 25.0. The maximum atomic E-state index is 13.4. The molecule has 0 spiro atoms. The van der Waals surface area contributed by atoms with E-state index in [0.29, 0.717) is 31.5 Å². The summed E-state index contributed by atoms with van der Waals surface area (Å²) in [4.78, 5) is 4.63. The highest BCUT2D eigenvalue weighted by molar-refractivity contribution is 5.94. The Hall–Kier alpha value is -4.35. The Bertz CT molecular complexity index is 1600. The SMILES string of the molecule is Cn1cc(-c2nn([C@H]3CC[C@@H](Oc4cn(C)nc4C(F)(F)F)CC3)c3cc(Nc4ccccc4)ncc23)cn1. The van der Waals surface area contributed by atoms with Crippen molar-refractivity contribution in [2.24, 2.45) is 14.1 Å². The van der Waals surface area contributed by atoms with Crippen molar-refractivity contribution < 1.29 is 17.9 Å². The van der Waals surface area contributed by atoms with E-state index in [4.69, 9.17) is 9.84 Å². The van der Waals surface area contributed by atoms with Gasteiger partial charge in [-0.3, -0.25) is 14.0 Å². The molecule has 0 radical (unpaired) electrons. The van der Waals surface area contributed by atoms with Crippen molar-refractivity contribution in [1.82, 2.24) is 34.3 Å². The zero-order chi connectivity index (χ0) is 27.1. The molecule has 1 aliphatic carbocycles. The number of fused-ring (bicyclic) bond motifs is 1. The molecule has 0 bridgehead atoms. The molecule has 5 aromatic rings. The number of halogens is 3. The molecule has 0 aliphatic heterocycles. The molecule has 12 heteroatoms. The second kappa shape index (κ2) is 9.75. The summed E-state index contributed by atoms with van der Waals surface area (Å²) in [5, 5.41) is 17.1. The van der Waals surface area contributed by atoms with Crippen molar-refractivity contribution in [3.63, 3.8) is 0 Å². The fourth-order valence-corrected chi connectivity index (χ4v) is 5.14. The predicted molar refractivity (Wildman–Crippen MR) is 140 cm³/mol. The zero-order valence-corrected chi connectivity index (χ0v) is 21.4. The van der Waals surface area contributed by atoms with Crippen LogP contribution < -0.4 is 10.1 Å². The van der Waals surface area contributed by atoms with Gasteiger partial charge in [0.05, 0.1) is 30.1 Å². The Morgan fingerprint density at radius 3 is 2.41 bits per heavy atom. The minimum atomic E-state index is -4.57. The van der Waals surface area contributed by atoms with E-state index in [0.717, 1.165) is 32.5 Å². The lowest BCUT2D eigenvalue weighted by atomic mass is 9.93. The third-order valence-corrected chi connectivity index (χ3v) is 6.96. The number of benzene rings is 1. The van der Waals surface area contributed by atoms with Gasteiger partial charge < -0.3 is 10.1 Å². The fraction of sp³-hybridized carbons (Fsp3) is 0.333. The second-order valence-corrected chi connectivity index (χ2v) is 9.84. The van der Waals surface area contributed by atoms with Gasteiger partial charge in [0.1, 0.15) is 11.5 Å². The van der Waals surface area contributed by atoms with E-state index in [1.165, 1.54) is 13.2 Å². The smallest absolute Gasteiger partial charge is 0.438 e. The molecular weight excluding hydrogens is 509 g/mol. The van der Waals surface area contributed by atoms with Gasteiger partial charge in [0.25, 0.3) is 0 Å². The average Bonchev–Trinajstić information content (AvgIpc) is 3.61. The first-order valence-electron chi connectivity index (χ1n) is 12.7. The van der Waals surface area contributed by atoms with Crippen molar-refractivity contribution in [3.8, 4) is 17.0 Å². The first-order valence-corrected chi connectivity index (χ1v) is 12.7. The lowest BCUT2D eigenvalue weighted by Crippen LogP contribution is -2.27. The molecule has 1 aliphatic rings. The Morgan fingerprint density at radius 2 is 1.72 bits per heavy atom. The number of ether oxygens (including phenoxy) is 1. The van der Waals surface area contributed by atoms with Crippen molar-refractivity contribution >= 4 is 22.4 Å². The van der Waals surface area contributed by atoms with Crippen LogP contribution in [0, 0.1) is 0 Å². The molecule has 1 aromatic carbocycles. The number of hydrogen-bond donors (Lipinski definition) is 1. The highest BCUT2D eigenvalue weighted by Gasteiger charge is 2.39. The minimum absolute atomic E-state index is 0.0562. The number of nitrogens with zero attached hydrogens (tertiary/aromatic N) is 7. The summed E-state index contributed by atoms with van der Waals surface area (Å²) in [6, 6.07) is 11.8. The van der Waals surface area contributed by atoms with Gasteiger partial charge in [0.15, 0.2) is 5.75 Å². The summed E-state index contributed by atoms with van der Waals surface area (Å²) in [7, 11) is 3.31. The maximum absolute atomic E-state index is 13.4. The molecule has 1 N–H and O–H groups in total. The molecule has 39 heavy (non-hydrogen) atoms. The number of anilines is 2. The van der Waals surface area contributed by atoms with Crippen molar-refractivity contribution in [3.05, 3.63) is 66.9 Å². The normalized spacial score (nSPS) is 18.0. The van der Waals surface area contributed by atoms with Crippen LogP contribution >= 0.6 is 0 Å². The lowest BCUT2D eigenvalue weighted by Gasteiger charge is -2.29. The molecule has 202 valence electrons. The number of para-hydroxylation sites is 1. The van der Waals surface area contributed by atoms with Crippen LogP contribution in [0.1, 0.15) is 37.4 Å². The van der Waals surface area contributed by atoms with E-state index in [9.17, 15) is 13.2 Å². The van der Waals surface area contributed by atoms with Crippen LogP contribution in [-0.4, -0.2) is 40.4 Å². The summed E-state index contributed by atoms with van der Waals surface area (Å²) in [5.74, 6) is 0.473. The number of pyridine rings is 1. The van der Waals surface area contributed by atoms with Crippen LogP contribution in [0.2, 0.25) is 0 Å². The third kappa shape index (κ3) is 5.06. The van der Waals surface area contributed by atoms with Gasteiger partial charge in [-0.1, -0.05) is 18.2 Å². The summed E-state index contributed by atoms with van der Waals surface area (Å²) >= 11 is 0. The highest BCUT2D eigenvalue weighted by atomic mass is 19.4. The summed E-state index contributed by atoms with van der Waals surface area (Å²) in [5.41, 5.74) is 2.55. The maximum Gasteiger partial charge on any atom is 0.438 e. The predicted octanol–water partition coefficient (Wildman–Crippen LogP) is 5.89. The summed E-state index contributed by atoms with van der Waals surface area (Å²) in [6.45, 7) is 0. The van der Waals surface area contributed by atoms with Crippen LogP contribution in [0.3, 0.4) is 0 Å². The topological polar surface area (TPSA) is 87.6 Å². The highest BCUT2D eigenvalue weighted by Crippen LogP contribution is 2.39. The molecule has 1 fully saturated rings. The van der Waals surface area contributed by atoms with E-state index < -0.39 is 11.9 Å². The van der Waals surface area contributed by atoms with Crippen LogP contribution in [0.15, 0.2) is 61.2 Å². The number of nitrogens with one attached hydrogen (secondary N) is 1. The molecule has 1 saturated carbocycles. The van der Waals surface area contributed by atoms with Gasteiger partial charge in [0, 0.05) is 49.2 Å². The Balaban J connectivity index is 1.27. The van der Waals surface area contributed by atoms with Crippen molar-refractivity contribution in [2.75, 3.05) is 5.32 Å². The Morgan fingerprint density at radius 1 is 0.949 bits per heavy atom. The molecule has 4 heterocycles. The number of rotatable bonds is 6. The fourth-order valence-electron chi connectivity index (χ4n) is 5.14. The van der Waals surface area contributed by atoms with Crippen LogP contribution in [0.4, 0.5) is 24.7 Å². The van der Waals surface area contributed by atoms with Gasteiger partial charge in [-0.15, -0.1) is 0 Å². The van der Waals surface area contributed by atoms with E-state index >= 15 is 0 Å². The first-order chi connectivity index (χ1) is 18.7. The Kier molecular flexibility index (Phi) is 6.24. The largest absolute Gasteiger partial charge is 0.486 e. The Labute approximate surface area is 222 Å². The molecule has 6 rings (SSSR count). The van der Waals surface area contributed by atoms with Crippen molar-refractivity contribution in [2.45, 2.75) is 44.0 Å². The standard InChI is InChI=1S/C27H27F3N8O/c1-36-15-17(13-32-36)25-21-14-31-24(33-18-6-4-3-5-7-18)12-22(21)38(34-25)19-8-10-20(11-9-19)39-23-16-37(2)35-26(23)27(28,29)30/h3-7,12-16,19-20H,8-11H2,1-2H3,(H,31,33)/t19-,20+. The second-order valence-electron chi connectivity index (χ2n) is 9.84. The van der Waals surface area contributed by atoms with E-state index in [1.54, 1.807) is 10.9 Å². The molecule has 4 aromatic heterocycles. The van der Waals surface area contributed by atoms with Crippen LogP contribution in [-0.2, 0) is 20.3 Å². The van der Waals surface area contributed by atoms with E-state index in [-0.39, 0.29) is 17.9 Å². The number of hydrogen-bond acceptors (Lipinski definition) is 6. The van der Waals surface area contributed by atoms with Crippen LogP contribution in [0.25, 0.3) is 22.2 Å². The molecule has 0 unspecified atom stereocenters. The van der Waals surface area contributed by atoms with E-state index in [1.807, 2.05) is 60.5 Å². The monoisotopic (exact) mass is 536 g/mol.